The molecular formula is C30H28F3NO2. The minimum absolute atomic E-state index is 0.119. The number of hydrogen-bond donors (Lipinski definition) is 0. The maximum absolute atomic E-state index is 13.7. The van der Waals surface area contributed by atoms with Crippen molar-refractivity contribution >= 4 is 22.7 Å². The van der Waals surface area contributed by atoms with Crippen LogP contribution in [-0.2, 0) is 17.6 Å². The van der Waals surface area contributed by atoms with Crippen LogP contribution in [0.2, 0.25) is 0 Å². The molecule has 2 aliphatic rings. The standard InChI is InChI=1S/C30H28F3NO2/c31-30(32,33)23-15-16-28(36-20-21-8-2-1-3-9-21)27(19-23)26-13-7-12-25(26)22-10-6-11-24(18-22)34-17-5-4-14-29(34)35/h1-3,6,8-11,15-16,18-19H,4-5,7,12-14,17,20H2. The number of ether oxygens (including phenoxy) is 1. The van der Waals surface area contributed by atoms with Crippen molar-refractivity contribution in [1.82, 2.24) is 0 Å². The van der Waals surface area contributed by atoms with E-state index < -0.39 is 11.7 Å². The van der Waals surface area contributed by atoms with E-state index in [9.17, 15) is 18.0 Å². The van der Waals surface area contributed by atoms with Gasteiger partial charge in [-0.05, 0) is 84.7 Å². The van der Waals surface area contributed by atoms with Crippen LogP contribution >= 0.6 is 0 Å². The molecule has 0 bridgehead atoms. The third-order valence-electron chi connectivity index (χ3n) is 6.92. The average Bonchev–Trinajstić information content (AvgIpc) is 3.38. The Bertz CT molecular complexity index is 1280. The summed E-state index contributed by atoms with van der Waals surface area (Å²) in [6.45, 7) is 0.966. The Morgan fingerprint density at radius 1 is 0.806 bits per heavy atom. The number of rotatable bonds is 6. The number of piperidine rings is 1. The zero-order valence-corrected chi connectivity index (χ0v) is 20.0. The van der Waals surface area contributed by atoms with Gasteiger partial charge in [0.25, 0.3) is 0 Å². The Balaban J connectivity index is 1.54. The van der Waals surface area contributed by atoms with Gasteiger partial charge >= 0.3 is 6.18 Å². The van der Waals surface area contributed by atoms with Gasteiger partial charge in [-0.2, -0.15) is 13.2 Å². The smallest absolute Gasteiger partial charge is 0.416 e. The van der Waals surface area contributed by atoms with Gasteiger partial charge in [0, 0.05) is 24.2 Å². The lowest BCUT2D eigenvalue weighted by atomic mass is 9.94. The van der Waals surface area contributed by atoms with Gasteiger partial charge in [0.1, 0.15) is 12.4 Å². The molecule has 0 spiro atoms. The third-order valence-corrected chi connectivity index (χ3v) is 6.92. The Labute approximate surface area is 209 Å². The number of alkyl halides is 3. The van der Waals surface area contributed by atoms with Crippen molar-refractivity contribution in [2.45, 2.75) is 51.3 Å². The van der Waals surface area contributed by atoms with Crippen molar-refractivity contribution in [2.24, 2.45) is 0 Å². The summed E-state index contributed by atoms with van der Waals surface area (Å²) >= 11 is 0. The first-order chi connectivity index (χ1) is 17.4. The van der Waals surface area contributed by atoms with Crippen LogP contribution in [0.5, 0.6) is 5.75 Å². The minimum Gasteiger partial charge on any atom is -0.488 e. The van der Waals surface area contributed by atoms with Crippen molar-refractivity contribution in [3.63, 3.8) is 0 Å². The summed E-state index contributed by atoms with van der Waals surface area (Å²) < 4.78 is 47.0. The predicted molar refractivity (Wildman–Crippen MR) is 136 cm³/mol. The van der Waals surface area contributed by atoms with Crippen LogP contribution in [0.15, 0.2) is 72.8 Å². The molecule has 0 radical (unpaired) electrons. The lowest BCUT2D eigenvalue weighted by Gasteiger charge is -2.27. The minimum atomic E-state index is -4.44. The summed E-state index contributed by atoms with van der Waals surface area (Å²) in [6.07, 6.45) is 0.269. The normalized spacial score (nSPS) is 16.5. The molecule has 1 aliphatic heterocycles. The molecule has 3 aromatic rings. The highest BCUT2D eigenvalue weighted by atomic mass is 19.4. The monoisotopic (exact) mass is 491 g/mol. The molecule has 3 nitrogen and oxygen atoms in total. The fourth-order valence-corrected chi connectivity index (χ4v) is 5.10. The Hall–Kier alpha value is -3.54. The van der Waals surface area contributed by atoms with E-state index in [0.29, 0.717) is 30.7 Å². The molecule has 0 atom stereocenters. The number of amides is 1. The third kappa shape index (κ3) is 5.18. The summed E-state index contributed by atoms with van der Waals surface area (Å²) in [5.41, 5.74) is 4.45. The van der Waals surface area contributed by atoms with Crippen LogP contribution in [0.3, 0.4) is 0 Å². The summed E-state index contributed by atoms with van der Waals surface area (Å²) in [5.74, 6) is 0.567. The van der Waals surface area contributed by atoms with Crippen molar-refractivity contribution in [1.29, 1.82) is 0 Å². The van der Waals surface area contributed by atoms with E-state index in [0.717, 1.165) is 59.7 Å². The van der Waals surface area contributed by atoms with Crippen LogP contribution in [0.1, 0.15) is 60.8 Å². The van der Waals surface area contributed by atoms with Gasteiger partial charge in [-0.15, -0.1) is 0 Å². The average molecular weight is 492 g/mol. The van der Waals surface area contributed by atoms with Crippen LogP contribution < -0.4 is 9.64 Å². The molecule has 5 rings (SSSR count). The Kier molecular flexibility index (Phi) is 6.86. The molecule has 3 aromatic carbocycles. The summed E-state index contributed by atoms with van der Waals surface area (Å²) in [5, 5.41) is 0. The maximum Gasteiger partial charge on any atom is 0.416 e. The SMILES string of the molecule is O=C1CCCCN1c1cccc(C2=C(c3cc(C(F)(F)F)ccc3OCc3ccccc3)CCC2)c1. The molecule has 6 heteroatoms. The van der Waals surface area contributed by atoms with E-state index in [1.807, 2.05) is 59.5 Å². The molecule has 186 valence electrons. The highest BCUT2D eigenvalue weighted by Crippen LogP contribution is 2.45. The van der Waals surface area contributed by atoms with Gasteiger partial charge in [0.15, 0.2) is 0 Å². The molecule has 36 heavy (non-hydrogen) atoms. The molecule has 1 saturated heterocycles. The first kappa shape index (κ1) is 24.2. The maximum atomic E-state index is 13.7. The Morgan fingerprint density at radius 2 is 1.61 bits per heavy atom. The Morgan fingerprint density at radius 3 is 2.39 bits per heavy atom. The zero-order valence-electron chi connectivity index (χ0n) is 20.0. The molecule has 0 unspecified atom stereocenters. The second kappa shape index (κ2) is 10.2. The van der Waals surface area contributed by atoms with Crippen LogP contribution in [0, 0.1) is 0 Å². The summed E-state index contributed by atoms with van der Waals surface area (Å²) in [4.78, 5) is 14.3. The van der Waals surface area contributed by atoms with Gasteiger partial charge in [0.05, 0.1) is 5.56 Å². The van der Waals surface area contributed by atoms with E-state index in [4.69, 9.17) is 4.74 Å². The number of anilines is 1. The van der Waals surface area contributed by atoms with Crippen LogP contribution in [0.25, 0.3) is 11.1 Å². The quantitative estimate of drug-likeness (QED) is 0.351. The summed E-state index contributed by atoms with van der Waals surface area (Å²) in [7, 11) is 0. The van der Waals surface area contributed by atoms with Gasteiger partial charge in [-0.3, -0.25) is 4.79 Å². The highest BCUT2D eigenvalue weighted by molar-refractivity contribution is 5.97. The second-order valence-corrected chi connectivity index (χ2v) is 9.35. The number of allylic oxidation sites excluding steroid dienone is 2. The number of benzene rings is 3. The van der Waals surface area contributed by atoms with Crippen LogP contribution in [-0.4, -0.2) is 12.5 Å². The first-order valence-corrected chi connectivity index (χ1v) is 12.4. The molecule has 1 aliphatic carbocycles. The fraction of sp³-hybridized carbons (Fsp3) is 0.300. The van der Waals surface area contributed by atoms with E-state index in [1.54, 1.807) is 0 Å². The fourth-order valence-electron chi connectivity index (χ4n) is 5.10. The summed E-state index contributed by atoms with van der Waals surface area (Å²) in [6, 6.07) is 21.2. The molecule has 1 amide bonds. The van der Waals surface area contributed by atoms with Crippen molar-refractivity contribution in [3.05, 3.63) is 95.1 Å². The second-order valence-electron chi connectivity index (χ2n) is 9.35. The molecule has 1 fully saturated rings. The van der Waals surface area contributed by atoms with E-state index in [-0.39, 0.29) is 12.5 Å². The number of nitrogens with zero attached hydrogens (tertiary/aromatic N) is 1. The van der Waals surface area contributed by atoms with Crippen LogP contribution in [0.4, 0.5) is 18.9 Å². The lowest BCUT2D eigenvalue weighted by Crippen LogP contribution is -2.35. The highest BCUT2D eigenvalue weighted by Gasteiger charge is 2.32. The number of hydrogen-bond acceptors (Lipinski definition) is 2. The molecule has 0 saturated carbocycles. The van der Waals surface area contributed by atoms with Crippen molar-refractivity contribution < 1.29 is 22.7 Å². The zero-order chi connectivity index (χ0) is 25.1. The van der Waals surface area contributed by atoms with E-state index >= 15 is 0 Å². The number of carbonyl (C=O) groups excluding carboxylic acids is 1. The van der Waals surface area contributed by atoms with Gasteiger partial charge < -0.3 is 9.64 Å². The van der Waals surface area contributed by atoms with Crippen molar-refractivity contribution in [3.8, 4) is 5.75 Å². The lowest BCUT2D eigenvalue weighted by molar-refractivity contribution is -0.137. The van der Waals surface area contributed by atoms with Gasteiger partial charge in [-0.25, -0.2) is 0 Å². The molecule has 0 aromatic heterocycles. The first-order valence-electron chi connectivity index (χ1n) is 12.4. The molecule has 1 heterocycles. The van der Waals surface area contributed by atoms with E-state index in [2.05, 4.69) is 0 Å². The predicted octanol–water partition coefficient (Wildman–Crippen LogP) is 7.90. The molecular weight excluding hydrogens is 463 g/mol. The number of halogens is 3. The van der Waals surface area contributed by atoms with Gasteiger partial charge in [0.2, 0.25) is 5.91 Å². The topological polar surface area (TPSA) is 29.5 Å². The molecule has 0 N–H and O–H groups in total. The van der Waals surface area contributed by atoms with Crippen molar-refractivity contribution in [2.75, 3.05) is 11.4 Å². The van der Waals surface area contributed by atoms with Gasteiger partial charge in [-0.1, -0.05) is 42.5 Å². The number of carbonyl (C=O) groups is 1. The largest absolute Gasteiger partial charge is 0.488 e. The van der Waals surface area contributed by atoms with E-state index in [1.165, 1.54) is 12.1 Å².